The number of rotatable bonds is 2. The van der Waals surface area contributed by atoms with Crippen molar-refractivity contribution in [2.75, 3.05) is 5.73 Å². The maximum Gasteiger partial charge on any atom is 0.0705 e. The van der Waals surface area contributed by atoms with E-state index in [0.717, 1.165) is 17.6 Å². The van der Waals surface area contributed by atoms with Crippen LogP contribution in [0.1, 0.15) is 19.5 Å². The van der Waals surface area contributed by atoms with Gasteiger partial charge in [-0.2, -0.15) is 5.10 Å². The van der Waals surface area contributed by atoms with Gasteiger partial charge in [-0.25, -0.2) is 0 Å². The van der Waals surface area contributed by atoms with Crippen molar-refractivity contribution in [1.82, 2.24) is 9.78 Å². The molecule has 0 saturated heterocycles. The van der Waals surface area contributed by atoms with Gasteiger partial charge in [-0.15, -0.1) is 0 Å². The van der Waals surface area contributed by atoms with Crippen LogP contribution in [0.5, 0.6) is 0 Å². The fourth-order valence-electron chi connectivity index (χ4n) is 1.89. The third-order valence-corrected chi connectivity index (χ3v) is 2.55. The lowest BCUT2D eigenvalue weighted by Crippen LogP contribution is -1.96. The predicted octanol–water partition coefficient (Wildman–Crippen LogP) is 2.35. The minimum absolute atomic E-state index is 0.626. The van der Waals surface area contributed by atoms with Gasteiger partial charge in [-0.3, -0.25) is 4.68 Å². The van der Waals surface area contributed by atoms with Crippen molar-refractivity contribution >= 4 is 16.6 Å². The maximum absolute atomic E-state index is 5.76. The van der Waals surface area contributed by atoms with E-state index in [1.54, 1.807) is 0 Å². The zero-order valence-electron chi connectivity index (χ0n) is 9.49. The molecular weight excluding hydrogens is 186 g/mol. The summed E-state index contributed by atoms with van der Waals surface area (Å²) in [4.78, 5) is 0. The second-order valence-electron chi connectivity index (χ2n) is 4.44. The Kier molecular flexibility index (Phi) is 2.39. The van der Waals surface area contributed by atoms with E-state index >= 15 is 0 Å². The molecule has 1 aromatic carbocycles. The standard InChI is InChI=1S/C12H17N3/c1-8(2)6-11-10-5-4-9(13)7-12(10)15(3)14-11/h4-5,7-8H,6,13H2,1-3H3. The van der Waals surface area contributed by atoms with Crippen molar-refractivity contribution in [3.05, 3.63) is 23.9 Å². The van der Waals surface area contributed by atoms with Crippen molar-refractivity contribution in [2.45, 2.75) is 20.3 Å². The van der Waals surface area contributed by atoms with Crippen LogP contribution in [0.25, 0.3) is 10.9 Å². The molecule has 15 heavy (non-hydrogen) atoms. The van der Waals surface area contributed by atoms with E-state index in [1.807, 2.05) is 23.9 Å². The molecule has 0 aliphatic carbocycles. The molecule has 80 valence electrons. The fourth-order valence-corrected chi connectivity index (χ4v) is 1.89. The molecule has 2 N–H and O–H groups in total. The van der Waals surface area contributed by atoms with Gasteiger partial charge in [0.1, 0.15) is 0 Å². The number of benzene rings is 1. The highest BCUT2D eigenvalue weighted by molar-refractivity contribution is 5.84. The molecule has 0 saturated carbocycles. The number of aromatic nitrogens is 2. The van der Waals surface area contributed by atoms with Crippen LogP contribution in [-0.4, -0.2) is 9.78 Å². The van der Waals surface area contributed by atoms with Crippen molar-refractivity contribution in [1.29, 1.82) is 0 Å². The average Bonchev–Trinajstić information content (AvgIpc) is 2.42. The summed E-state index contributed by atoms with van der Waals surface area (Å²) in [5, 5.41) is 5.75. The molecule has 2 aromatic rings. The van der Waals surface area contributed by atoms with Crippen molar-refractivity contribution in [3.8, 4) is 0 Å². The van der Waals surface area contributed by atoms with Crippen molar-refractivity contribution in [2.24, 2.45) is 13.0 Å². The minimum atomic E-state index is 0.626. The number of anilines is 1. The zero-order valence-corrected chi connectivity index (χ0v) is 9.49. The van der Waals surface area contributed by atoms with Gasteiger partial charge in [0.05, 0.1) is 11.2 Å². The van der Waals surface area contributed by atoms with E-state index in [9.17, 15) is 0 Å². The molecule has 0 amide bonds. The number of aryl methyl sites for hydroxylation is 1. The Balaban J connectivity index is 2.57. The van der Waals surface area contributed by atoms with Crippen LogP contribution in [0.4, 0.5) is 5.69 Å². The molecule has 0 bridgehead atoms. The van der Waals surface area contributed by atoms with E-state index in [1.165, 1.54) is 11.1 Å². The summed E-state index contributed by atoms with van der Waals surface area (Å²) in [6, 6.07) is 5.98. The number of hydrogen-bond donors (Lipinski definition) is 1. The number of nitrogens with zero attached hydrogens (tertiary/aromatic N) is 2. The summed E-state index contributed by atoms with van der Waals surface area (Å²) < 4.78 is 1.91. The lowest BCUT2D eigenvalue weighted by atomic mass is 10.1. The largest absolute Gasteiger partial charge is 0.399 e. The first-order valence-electron chi connectivity index (χ1n) is 5.29. The first kappa shape index (κ1) is 10.0. The lowest BCUT2D eigenvalue weighted by Gasteiger charge is -2.00. The summed E-state index contributed by atoms with van der Waals surface area (Å²) in [6.07, 6.45) is 1.02. The van der Waals surface area contributed by atoms with Crippen LogP contribution >= 0.6 is 0 Å². The first-order chi connectivity index (χ1) is 7.08. The van der Waals surface area contributed by atoms with Crippen LogP contribution in [0, 0.1) is 5.92 Å². The molecule has 0 spiro atoms. The Hall–Kier alpha value is -1.51. The van der Waals surface area contributed by atoms with Gasteiger partial charge < -0.3 is 5.73 Å². The predicted molar refractivity (Wildman–Crippen MR) is 63.7 cm³/mol. The highest BCUT2D eigenvalue weighted by Crippen LogP contribution is 2.22. The summed E-state index contributed by atoms with van der Waals surface area (Å²) in [5.74, 6) is 0.626. The molecule has 0 radical (unpaired) electrons. The summed E-state index contributed by atoms with van der Waals surface area (Å²) in [7, 11) is 1.96. The smallest absolute Gasteiger partial charge is 0.0705 e. The highest BCUT2D eigenvalue weighted by atomic mass is 15.3. The van der Waals surface area contributed by atoms with Crippen molar-refractivity contribution in [3.63, 3.8) is 0 Å². The van der Waals surface area contributed by atoms with E-state index in [-0.39, 0.29) is 0 Å². The Labute approximate surface area is 89.9 Å². The van der Waals surface area contributed by atoms with Gasteiger partial charge in [-0.05, 0) is 30.5 Å². The molecule has 2 rings (SSSR count). The van der Waals surface area contributed by atoms with Gasteiger partial charge in [-0.1, -0.05) is 13.8 Å². The highest BCUT2D eigenvalue weighted by Gasteiger charge is 2.09. The monoisotopic (exact) mass is 203 g/mol. The van der Waals surface area contributed by atoms with E-state index in [0.29, 0.717) is 5.92 Å². The van der Waals surface area contributed by atoms with Gasteiger partial charge in [0, 0.05) is 18.1 Å². The second kappa shape index (κ2) is 3.57. The molecule has 1 heterocycles. The first-order valence-corrected chi connectivity index (χ1v) is 5.29. The van der Waals surface area contributed by atoms with Gasteiger partial charge in [0.25, 0.3) is 0 Å². The Morgan fingerprint density at radius 1 is 1.40 bits per heavy atom. The fraction of sp³-hybridized carbons (Fsp3) is 0.417. The van der Waals surface area contributed by atoms with E-state index in [4.69, 9.17) is 5.73 Å². The van der Waals surface area contributed by atoms with Crippen LogP contribution in [0.2, 0.25) is 0 Å². The van der Waals surface area contributed by atoms with Crippen LogP contribution in [0.15, 0.2) is 18.2 Å². The maximum atomic E-state index is 5.76. The SMILES string of the molecule is CC(C)Cc1nn(C)c2cc(N)ccc12. The molecule has 0 fully saturated rings. The minimum Gasteiger partial charge on any atom is -0.399 e. The van der Waals surface area contributed by atoms with Crippen LogP contribution < -0.4 is 5.73 Å². The topological polar surface area (TPSA) is 43.8 Å². The Bertz CT molecular complexity index is 483. The lowest BCUT2D eigenvalue weighted by molar-refractivity contribution is 0.624. The molecular formula is C12H17N3. The second-order valence-corrected chi connectivity index (χ2v) is 4.44. The molecule has 0 aliphatic rings. The molecule has 0 aliphatic heterocycles. The summed E-state index contributed by atoms with van der Waals surface area (Å²) in [5.41, 5.74) is 8.84. The zero-order chi connectivity index (χ0) is 11.0. The van der Waals surface area contributed by atoms with E-state index in [2.05, 4.69) is 25.0 Å². The number of nitrogens with two attached hydrogens (primary N) is 1. The Morgan fingerprint density at radius 2 is 2.13 bits per heavy atom. The molecule has 1 aromatic heterocycles. The molecule has 0 atom stereocenters. The normalized spacial score (nSPS) is 11.5. The molecule has 0 unspecified atom stereocenters. The van der Waals surface area contributed by atoms with Crippen LogP contribution in [0.3, 0.4) is 0 Å². The van der Waals surface area contributed by atoms with E-state index < -0.39 is 0 Å². The average molecular weight is 203 g/mol. The number of fused-ring (bicyclic) bond motifs is 1. The van der Waals surface area contributed by atoms with Gasteiger partial charge in [0.15, 0.2) is 0 Å². The third kappa shape index (κ3) is 1.82. The number of nitrogen functional groups attached to an aromatic ring is 1. The van der Waals surface area contributed by atoms with Crippen LogP contribution in [-0.2, 0) is 13.5 Å². The van der Waals surface area contributed by atoms with Gasteiger partial charge in [0.2, 0.25) is 0 Å². The Morgan fingerprint density at radius 3 is 2.80 bits per heavy atom. The number of hydrogen-bond acceptors (Lipinski definition) is 2. The van der Waals surface area contributed by atoms with Crippen molar-refractivity contribution < 1.29 is 0 Å². The quantitative estimate of drug-likeness (QED) is 0.761. The van der Waals surface area contributed by atoms with Gasteiger partial charge >= 0.3 is 0 Å². The summed E-state index contributed by atoms with van der Waals surface area (Å²) in [6.45, 7) is 4.41. The summed E-state index contributed by atoms with van der Waals surface area (Å²) >= 11 is 0. The third-order valence-electron chi connectivity index (χ3n) is 2.55. The molecule has 3 nitrogen and oxygen atoms in total. The molecule has 3 heteroatoms.